The standard InChI is InChI=1S/C17H21BrO4/c1-10(2)13-11(8-12(18)14-15(13)22-9-21-14)17(16(19)20)6-4-3-5-7-17/h8,10H,3-7,9H2,1-2H3,(H,19,20). The number of aliphatic carboxylic acids is 1. The lowest BCUT2D eigenvalue weighted by Gasteiger charge is -2.36. The third kappa shape index (κ3) is 2.30. The van der Waals surface area contributed by atoms with Gasteiger partial charge in [-0.15, -0.1) is 0 Å². The predicted molar refractivity (Wildman–Crippen MR) is 86.8 cm³/mol. The van der Waals surface area contributed by atoms with Crippen LogP contribution in [-0.4, -0.2) is 17.9 Å². The van der Waals surface area contributed by atoms with Gasteiger partial charge in [0.05, 0.1) is 9.89 Å². The fourth-order valence-corrected chi connectivity index (χ4v) is 4.29. The molecule has 0 unspecified atom stereocenters. The van der Waals surface area contributed by atoms with Crippen molar-refractivity contribution in [2.45, 2.75) is 57.3 Å². The van der Waals surface area contributed by atoms with E-state index in [2.05, 4.69) is 29.8 Å². The molecule has 3 rings (SSSR count). The second-order valence-electron chi connectivity index (χ2n) is 6.49. The zero-order valence-corrected chi connectivity index (χ0v) is 14.5. The quantitative estimate of drug-likeness (QED) is 0.847. The number of rotatable bonds is 3. The van der Waals surface area contributed by atoms with E-state index in [0.29, 0.717) is 24.3 Å². The van der Waals surface area contributed by atoms with E-state index in [1.54, 1.807) is 0 Å². The maximum absolute atomic E-state index is 12.2. The van der Waals surface area contributed by atoms with Crippen LogP contribution in [0, 0.1) is 0 Å². The SMILES string of the molecule is CC(C)c1c(C2(C(=O)O)CCCCC2)cc(Br)c2c1OCO2. The number of hydrogen-bond acceptors (Lipinski definition) is 3. The van der Waals surface area contributed by atoms with Crippen molar-refractivity contribution in [2.24, 2.45) is 0 Å². The first kappa shape index (κ1) is 15.7. The highest BCUT2D eigenvalue weighted by Crippen LogP contribution is 2.52. The van der Waals surface area contributed by atoms with Crippen molar-refractivity contribution in [2.75, 3.05) is 6.79 Å². The van der Waals surface area contributed by atoms with Crippen LogP contribution in [0.15, 0.2) is 10.5 Å². The van der Waals surface area contributed by atoms with Crippen molar-refractivity contribution in [3.05, 3.63) is 21.7 Å². The Morgan fingerprint density at radius 2 is 1.86 bits per heavy atom. The van der Waals surface area contributed by atoms with Gasteiger partial charge in [0, 0.05) is 5.56 Å². The van der Waals surface area contributed by atoms with E-state index in [4.69, 9.17) is 9.47 Å². The number of fused-ring (bicyclic) bond motifs is 1. The highest BCUT2D eigenvalue weighted by molar-refractivity contribution is 9.10. The lowest BCUT2D eigenvalue weighted by Crippen LogP contribution is -2.39. The molecule has 1 aliphatic carbocycles. The number of benzene rings is 1. The monoisotopic (exact) mass is 368 g/mol. The van der Waals surface area contributed by atoms with Gasteiger partial charge in [-0.2, -0.15) is 0 Å². The van der Waals surface area contributed by atoms with E-state index in [1.165, 1.54) is 0 Å². The second kappa shape index (κ2) is 5.76. The molecular formula is C17H21BrO4. The first-order valence-corrected chi connectivity index (χ1v) is 8.62. The van der Waals surface area contributed by atoms with Crippen LogP contribution in [-0.2, 0) is 10.2 Å². The molecule has 0 bridgehead atoms. The predicted octanol–water partition coefficient (Wildman–Crippen LogP) is 4.59. The maximum Gasteiger partial charge on any atom is 0.314 e. The summed E-state index contributed by atoms with van der Waals surface area (Å²) in [6, 6.07) is 1.95. The van der Waals surface area contributed by atoms with Crippen molar-refractivity contribution < 1.29 is 19.4 Å². The maximum atomic E-state index is 12.2. The summed E-state index contributed by atoms with van der Waals surface area (Å²) in [6.07, 6.45) is 4.39. The van der Waals surface area contributed by atoms with Gasteiger partial charge in [-0.25, -0.2) is 0 Å². The average Bonchev–Trinajstić information content (AvgIpc) is 2.97. The number of carboxylic acids is 1. The van der Waals surface area contributed by atoms with Gasteiger partial charge >= 0.3 is 5.97 Å². The largest absolute Gasteiger partial charge is 0.481 e. The molecule has 1 heterocycles. The Morgan fingerprint density at radius 1 is 1.23 bits per heavy atom. The molecule has 22 heavy (non-hydrogen) atoms. The average molecular weight is 369 g/mol. The molecule has 1 aromatic carbocycles. The van der Waals surface area contributed by atoms with Crippen LogP contribution in [0.1, 0.15) is 63.0 Å². The molecule has 0 spiro atoms. The summed E-state index contributed by atoms with van der Waals surface area (Å²) in [5.41, 5.74) is 1.08. The van der Waals surface area contributed by atoms with Crippen molar-refractivity contribution in [1.29, 1.82) is 0 Å². The summed E-state index contributed by atoms with van der Waals surface area (Å²) in [5, 5.41) is 10.0. The van der Waals surface area contributed by atoms with Crippen LogP contribution >= 0.6 is 15.9 Å². The number of carbonyl (C=O) groups is 1. The molecule has 120 valence electrons. The van der Waals surface area contributed by atoms with Gasteiger partial charge in [0.2, 0.25) is 6.79 Å². The summed E-state index contributed by atoms with van der Waals surface area (Å²) in [7, 11) is 0. The highest BCUT2D eigenvalue weighted by atomic mass is 79.9. The van der Waals surface area contributed by atoms with Crippen molar-refractivity contribution in [3.63, 3.8) is 0 Å². The fourth-order valence-electron chi connectivity index (χ4n) is 3.77. The summed E-state index contributed by atoms with van der Waals surface area (Å²) in [4.78, 5) is 12.2. The molecule has 1 N–H and O–H groups in total. The van der Waals surface area contributed by atoms with E-state index >= 15 is 0 Å². The molecule has 0 aromatic heterocycles. The molecule has 0 amide bonds. The third-order valence-corrected chi connectivity index (χ3v) is 5.43. The van der Waals surface area contributed by atoms with Gasteiger partial charge in [0.15, 0.2) is 11.5 Å². The number of ether oxygens (including phenoxy) is 2. The van der Waals surface area contributed by atoms with E-state index < -0.39 is 11.4 Å². The molecule has 5 heteroatoms. The Hall–Kier alpha value is -1.23. The highest BCUT2D eigenvalue weighted by Gasteiger charge is 2.45. The zero-order chi connectivity index (χ0) is 15.9. The van der Waals surface area contributed by atoms with E-state index in [-0.39, 0.29) is 12.7 Å². The molecule has 1 fully saturated rings. The van der Waals surface area contributed by atoms with Gasteiger partial charge in [0.25, 0.3) is 0 Å². The minimum Gasteiger partial charge on any atom is -0.481 e. The lowest BCUT2D eigenvalue weighted by atomic mass is 9.67. The van der Waals surface area contributed by atoms with Crippen LogP contribution < -0.4 is 9.47 Å². The third-order valence-electron chi connectivity index (χ3n) is 4.84. The first-order chi connectivity index (χ1) is 10.5. The minimum absolute atomic E-state index is 0.178. The fraction of sp³-hybridized carbons (Fsp3) is 0.588. The molecule has 2 aliphatic rings. The Labute approximate surface area is 138 Å². The number of carboxylic acid groups (broad SMARTS) is 1. The molecule has 1 aliphatic heterocycles. The summed E-state index contributed by atoms with van der Waals surface area (Å²) in [6.45, 7) is 4.34. The van der Waals surface area contributed by atoms with E-state index in [1.807, 2.05) is 6.07 Å². The summed E-state index contributed by atoms with van der Waals surface area (Å²) in [5.74, 6) is 0.867. The molecule has 1 saturated carbocycles. The summed E-state index contributed by atoms with van der Waals surface area (Å²) < 4.78 is 12.0. The topological polar surface area (TPSA) is 55.8 Å². The van der Waals surface area contributed by atoms with Crippen LogP contribution in [0.25, 0.3) is 0 Å². The molecule has 0 saturated heterocycles. The molecule has 1 aromatic rings. The number of hydrogen-bond donors (Lipinski definition) is 1. The van der Waals surface area contributed by atoms with Gasteiger partial charge in [-0.3, -0.25) is 4.79 Å². The normalized spacial score (nSPS) is 19.5. The Bertz CT molecular complexity index is 603. The van der Waals surface area contributed by atoms with Crippen LogP contribution in [0.5, 0.6) is 11.5 Å². The van der Waals surface area contributed by atoms with Gasteiger partial charge in [-0.05, 0) is 46.3 Å². The van der Waals surface area contributed by atoms with Gasteiger partial charge < -0.3 is 14.6 Å². The molecule has 0 radical (unpaired) electrons. The van der Waals surface area contributed by atoms with Crippen LogP contribution in [0.2, 0.25) is 0 Å². The van der Waals surface area contributed by atoms with Gasteiger partial charge in [0.1, 0.15) is 0 Å². The van der Waals surface area contributed by atoms with Gasteiger partial charge in [-0.1, -0.05) is 33.1 Å². The summed E-state index contributed by atoms with van der Waals surface area (Å²) >= 11 is 3.52. The molecular weight excluding hydrogens is 348 g/mol. The Balaban J connectivity index is 2.25. The lowest BCUT2D eigenvalue weighted by molar-refractivity contribution is -0.145. The van der Waals surface area contributed by atoms with E-state index in [0.717, 1.165) is 34.9 Å². The van der Waals surface area contributed by atoms with E-state index in [9.17, 15) is 9.90 Å². The zero-order valence-electron chi connectivity index (χ0n) is 12.9. The Morgan fingerprint density at radius 3 is 2.45 bits per heavy atom. The first-order valence-electron chi connectivity index (χ1n) is 7.83. The molecule has 0 atom stereocenters. The molecule has 4 nitrogen and oxygen atoms in total. The Kier molecular flexibility index (Phi) is 4.10. The van der Waals surface area contributed by atoms with Crippen LogP contribution in [0.3, 0.4) is 0 Å². The van der Waals surface area contributed by atoms with Crippen molar-refractivity contribution in [1.82, 2.24) is 0 Å². The second-order valence-corrected chi connectivity index (χ2v) is 7.34. The number of halogens is 1. The van der Waals surface area contributed by atoms with Crippen molar-refractivity contribution >= 4 is 21.9 Å². The minimum atomic E-state index is -0.804. The smallest absolute Gasteiger partial charge is 0.314 e. The van der Waals surface area contributed by atoms with Crippen molar-refractivity contribution in [3.8, 4) is 11.5 Å². The van der Waals surface area contributed by atoms with Crippen LogP contribution in [0.4, 0.5) is 0 Å².